The van der Waals surface area contributed by atoms with E-state index in [-0.39, 0.29) is 18.1 Å². The molecule has 9 heteroatoms. The maximum atomic E-state index is 12.3. The van der Waals surface area contributed by atoms with Gasteiger partial charge in [0.2, 0.25) is 0 Å². The normalized spacial score (nSPS) is 23.1. The minimum absolute atomic E-state index is 0.0307. The standard InChI is InChI=1S/C22H32N4O5/c1-22(2,3)30-21(27)26-8-6-25(7-9-26)13-19-15-12-23-16-11-18(29-5)17(28-4)10-14(16)20(15)24-31-19/h10-11,15,19,23H,6-9,12-13H2,1-5H3/t15-,19-/m0/s1. The van der Waals surface area contributed by atoms with E-state index >= 15 is 0 Å². The number of piperazine rings is 1. The van der Waals surface area contributed by atoms with Crippen molar-refractivity contribution < 1.29 is 23.8 Å². The molecular weight excluding hydrogens is 400 g/mol. The summed E-state index contributed by atoms with van der Waals surface area (Å²) in [4.78, 5) is 22.2. The first kappa shape index (κ1) is 21.5. The zero-order valence-electron chi connectivity index (χ0n) is 18.9. The molecule has 31 heavy (non-hydrogen) atoms. The highest BCUT2D eigenvalue weighted by Crippen LogP contribution is 2.39. The van der Waals surface area contributed by atoms with Crippen LogP contribution in [0.15, 0.2) is 17.3 Å². The molecule has 4 rings (SSSR count). The van der Waals surface area contributed by atoms with Gasteiger partial charge in [0.15, 0.2) is 11.5 Å². The molecule has 0 spiro atoms. The molecule has 1 amide bonds. The third-order valence-electron chi connectivity index (χ3n) is 5.86. The summed E-state index contributed by atoms with van der Waals surface area (Å²) in [6.07, 6.45) is -0.274. The molecule has 1 N–H and O–H groups in total. The van der Waals surface area contributed by atoms with Gasteiger partial charge in [0.1, 0.15) is 11.7 Å². The van der Waals surface area contributed by atoms with Crippen LogP contribution >= 0.6 is 0 Å². The second-order valence-electron chi connectivity index (χ2n) is 9.13. The predicted molar refractivity (Wildman–Crippen MR) is 117 cm³/mol. The second-order valence-corrected chi connectivity index (χ2v) is 9.13. The number of methoxy groups -OCH3 is 2. The summed E-state index contributed by atoms with van der Waals surface area (Å²) in [5, 5.41) is 7.92. The van der Waals surface area contributed by atoms with Gasteiger partial charge in [-0.15, -0.1) is 0 Å². The van der Waals surface area contributed by atoms with Crippen LogP contribution in [0, 0.1) is 5.92 Å². The number of fused-ring (bicyclic) bond motifs is 3. The number of rotatable bonds is 4. The van der Waals surface area contributed by atoms with E-state index in [1.54, 1.807) is 19.1 Å². The second kappa shape index (κ2) is 8.45. The van der Waals surface area contributed by atoms with E-state index in [0.29, 0.717) is 24.6 Å². The van der Waals surface area contributed by atoms with Crippen LogP contribution in [0.3, 0.4) is 0 Å². The third-order valence-corrected chi connectivity index (χ3v) is 5.86. The summed E-state index contributed by atoms with van der Waals surface area (Å²) in [5.74, 6) is 1.52. The molecule has 0 aromatic heterocycles. The minimum atomic E-state index is -0.476. The summed E-state index contributed by atoms with van der Waals surface area (Å²) in [7, 11) is 3.26. The Morgan fingerprint density at radius 1 is 1.16 bits per heavy atom. The van der Waals surface area contributed by atoms with Gasteiger partial charge in [0, 0.05) is 56.6 Å². The first-order valence-corrected chi connectivity index (χ1v) is 10.7. The largest absolute Gasteiger partial charge is 0.493 e. The summed E-state index contributed by atoms with van der Waals surface area (Å²) < 4.78 is 16.4. The van der Waals surface area contributed by atoms with E-state index in [9.17, 15) is 4.79 Å². The van der Waals surface area contributed by atoms with Crippen LogP contribution < -0.4 is 14.8 Å². The van der Waals surface area contributed by atoms with E-state index in [1.165, 1.54) is 0 Å². The lowest BCUT2D eigenvalue weighted by atomic mass is 9.87. The molecule has 1 aromatic rings. The lowest BCUT2D eigenvalue weighted by Gasteiger charge is -2.37. The Bertz CT molecular complexity index is 858. The molecule has 1 fully saturated rings. The van der Waals surface area contributed by atoms with Gasteiger partial charge in [-0.2, -0.15) is 0 Å². The Labute approximate surface area is 183 Å². The van der Waals surface area contributed by atoms with Crippen LogP contribution in [0.2, 0.25) is 0 Å². The van der Waals surface area contributed by atoms with Gasteiger partial charge in [-0.25, -0.2) is 4.79 Å². The van der Waals surface area contributed by atoms with Crippen molar-refractivity contribution in [1.82, 2.24) is 9.80 Å². The molecule has 9 nitrogen and oxygen atoms in total. The van der Waals surface area contributed by atoms with Crippen molar-refractivity contribution in [2.75, 3.05) is 58.8 Å². The maximum absolute atomic E-state index is 12.3. The van der Waals surface area contributed by atoms with Gasteiger partial charge in [-0.3, -0.25) is 4.90 Å². The molecule has 3 aliphatic heterocycles. The van der Waals surface area contributed by atoms with Crippen molar-refractivity contribution in [2.45, 2.75) is 32.5 Å². The van der Waals surface area contributed by atoms with E-state index in [0.717, 1.165) is 43.1 Å². The van der Waals surface area contributed by atoms with Gasteiger partial charge in [-0.05, 0) is 26.8 Å². The molecule has 0 saturated carbocycles. The van der Waals surface area contributed by atoms with Gasteiger partial charge in [0.05, 0.1) is 25.8 Å². The monoisotopic (exact) mass is 432 g/mol. The minimum Gasteiger partial charge on any atom is -0.493 e. The number of amides is 1. The quantitative estimate of drug-likeness (QED) is 0.782. The van der Waals surface area contributed by atoms with Crippen molar-refractivity contribution in [3.05, 3.63) is 17.7 Å². The Morgan fingerprint density at radius 2 is 1.84 bits per heavy atom. The third kappa shape index (κ3) is 4.51. The van der Waals surface area contributed by atoms with E-state index in [4.69, 9.17) is 19.0 Å². The topological polar surface area (TPSA) is 84.9 Å². The number of ether oxygens (including phenoxy) is 3. The van der Waals surface area contributed by atoms with E-state index < -0.39 is 5.60 Å². The van der Waals surface area contributed by atoms with Crippen molar-refractivity contribution in [2.24, 2.45) is 11.1 Å². The SMILES string of the molecule is COc1cc2c(cc1OC)C1=NO[C@@H](CN3CCN(C(=O)OC(C)(C)C)CC3)[C@@H]1CN2. The fraction of sp³-hybridized carbons (Fsp3) is 0.636. The molecule has 2 atom stereocenters. The number of carbonyl (C=O) groups excluding carboxylic acids is 1. The average molecular weight is 433 g/mol. The number of anilines is 1. The van der Waals surface area contributed by atoms with Crippen LogP contribution in [0.1, 0.15) is 26.3 Å². The number of benzene rings is 1. The van der Waals surface area contributed by atoms with Crippen LogP contribution in [0.4, 0.5) is 10.5 Å². The van der Waals surface area contributed by atoms with Crippen molar-refractivity contribution >= 4 is 17.5 Å². The number of nitrogens with zero attached hydrogens (tertiary/aromatic N) is 3. The fourth-order valence-corrected chi connectivity index (χ4v) is 4.23. The molecule has 3 aliphatic rings. The molecule has 1 aromatic carbocycles. The smallest absolute Gasteiger partial charge is 0.410 e. The molecular formula is C22H32N4O5. The molecule has 1 saturated heterocycles. The average Bonchev–Trinajstić information content (AvgIpc) is 3.15. The maximum Gasteiger partial charge on any atom is 0.410 e. The zero-order chi connectivity index (χ0) is 22.2. The molecule has 170 valence electrons. The Hall–Kier alpha value is -2.68. The first-order valence-electron chi connectivity index (χ1n) is 10.7. The molecule has 0 unspecified atom stereocenters. The first-order chi connectivity index (χ1) is 14.8. The number of oxime groups is 1. The lowest BCUT2D eigenvalue weighted by molar-refractivity contribution is 0.000210. The van der Waals surface area contributed by atoms with Crippen molar-refractivity contribution in [3.8, 4) is 11.5 Å². The van der Waals surface area contributed by atoms with Gasteiger partial charge < -0.3 is 29.3 Å². The zero-order valence-corrected chi connectivity index (χ0v) is 18.9. The van der Waals surface area contributed by atoms with E-state index in [2.05, 4.69) is 15.4 Å². The van der Waals surface area contributed by atoms with Gasteiger partial charge >= 0.3 is 6.09 Å². The number of hydrogen-bond acceptors (Lipinski definition) is 8. The Morgan fingerprint density at radius 3 is 2.48 bits per heavy atom. The highest BCUT2D eigenvalue weighted by Gasteiger charge is 2.40. The number of nitrogens with one attached hydrogen (secondary N) is 1. The summed E-state index contributed by atoms with van der Waals surface area (Å²) in [6.45, 7) is 10.1. The molecule has 0 radical (unpaired) electrons. The Kier molecular flexibility index (Phi) is 5.88. The van der Waals surface area contributed by atoms with Gasteiger partial charge in [-0.1, -0.05) is 5.16 Å². The van der Waals surface area contributed by atoms with Crippen LogP contribution in [-0.4, -0.2) is 86.8 Å². The van der Waals surface area contributed by atoms with Crippen LogP contribution in [0.5, 0.6) is 11.5 Å². The van der Waals surface area contributed by atoms with Crippen molar-refractivity contribution in [3.63, 3.8) is 0 Å². The summed E-state index contributed by atoms with van der Waals surface area (Å²) >= 11 is 0. The highest BCUT2D eigenvalue weighted by molar-refractivity contribution is 6.09. The molecule has 0 aliphatic carbocycles. The lowest BCUT2D eigenvalue weighted by Crippen LogP contribution is -2.52. The van der Waals surface area contributed by atoms with Crippen molar-refractivity contribution in [1.29, 1.82) is 0 Å². The van der Waals surface area contributed by atoms with Crippen LogP contribution in [0.25, 0.3) is 0 Å². The number of hydrogen-bond donors (Lipinski definition) is 1. The van der Waals surface area contributed by atoms with E-state index in [1.807, 2.05) is 32.9 Å². The van der Waals surface area contributed by atoms with Gasteiger partial charge in [0.25, 0.3) is 0 Å². The molecule has 0 bridgehead atoms. The Balaban J connectivity index is 1.36. The highest BCUT2D eigenvalue weighted by atomic mass is 16.6. The fourth-order valence-electron chi connectivity index (χ4n) is 4.23. The molecule has 3 heterocycles. The summed E-state index contributed by atoms with van der Waals surface area (Å²) in [5.41, 5.74) is 2.44. The summed E-state index contributed by atoms with van der Waals surface area (Å²) in [6, 6.07) is 3.90. The van der Waals surface area contributed by atoms with Crippen LogP contribution in [-0.2, 0) is 9.57 Å². The predicted octanol–water partition coefficient (Wildman–Crippen LogP) is 2.40. The number of carbonyl (C=O) groups is 1.